The molecule has 15 heavy (non-hydrogen) atoms. The smallest absolute Gasteiger partial charge is 0.227 e. The number of nitrogens with zero attached hydrogens (tertiary/aromatic N) is 1. The summed E-state index contributed by atoms with van der Waals surface area (Å²) in [7, 11) is 0. The predicted octanol–water partition coefficient (Wildman–Crippen LogP) is 0.290. The second-order valence-corrected chi connectivity index (χ2v) is 4.15. The lowest BCUT2D eigenvalue weighted by atomic mass is 9.89. The third-order valence-electron chi connectivity index (χ3n) is 2.83. The average Bonchev–Trinajstić information content (AvgIpc) is 2.85. The summed E-state index contributed by atoms with van der Waals surface area (Å²) in [5.74, 6) is 0.752. The number of hydrogen-bond donors (Lipinski definition) is 2. The van der Waals surface area contributed by atoms with Crippen molar-refractivity contribution in [2.45, 2.75) is 19.9 Å². The summed E-state index contributed by atoms with van der Waals surface area (Å²) in [6, 6.07) is 1.75. The summed E-state index contributed by atoms with van der Waals surface area (Å²) in [6.45, 7) is 4.04. The summed E-state index contributed by atoms with van der Waals surface area (Å²) >= 11 is 0. The van der Waals surface area contributed by atoms with Gasteiger partial charge >= 0.3 is 0 Å². The third kappa shape index (κ3) is 2.18. The number of nitrogens with one attached hydrogen (secondary N) is 2. The summed E-state index contributed by atoms with van der Waals surface area (Å²) < 4.78 is 4.90. The number of hydrogen-bond acceptors (Lipinski definition) is 4. The maximum absolute atomic E-state index is 11.8. The van der Waals surface area contributed by atoms with Crippen molar-refractivity contribution in [3.05, 3.63) is 18.0 Å². The topological polar surface area (TPSA) is 67.2 Å². The molecule has 2 rings (SSSR count). The van der Waals surface area contributed by atoms with Crippen molar-refractivity contribution in [3.8, 4) is 0 Å². The Hall–Kier alpha value is -1.36. The van der Waals surface area contributed by atoms with Gasteiger partial charge in [-0.1, -0.05) is 5.16 Å². The van der Waals surface area contributed by atoms with E-state index >= 15 is 0 Å². The fourth-order valence-corrected chi connectivity index (χ4v) is 1.72. The van der Waals surface area contributed by atoms with Gasteiger partial charge in [-0.25, -0.2) is 0 Å². The molecule has 5 nitrogen and oxygen atoms in total. The van der Waals surface area contributed by atoms with Gasteiger partial charge in [-0.2, -0.15) is 0 Å². The van der Waals surface area contributed by atoms with Gasteiger partial charge in [-0.3, -0.25) is 4.79 Å². The van der Waals surface area contributed by atoms with Crippen LogP contribution >= 0.6 is 0 Å². The molecule has 1 aliphatic heterocycles. The van der Waals surface area contributed by atoms with Crippen LogP contribution in [0, 0.1) is 5.41 Å². The molecule has 1 fully saturated rings. The quantitative estimate of drug-likeness (QED) is 0.751. The van der Waals surface area contributed by atoms with Crippen molar-refractivity contribution in [3.63, 3.8) is 0 Å². The van der Waals surface area contributed by atoms with Crippen LogP contribution in [0.5, 0.6) is 0 Å². The van der Waals surface area contributed by atoms with Crippen molar-refractivity contribution in [1.82, 2.24) is 15.8 Å². The second kappa shape index (κ2) is 4.02. The van der Waals surface area contributed by atoms with E-state index in [0.717, 1.165) is 19.5 Å². The van der Waals surface area contributed by atoms with Crippen molar-refractivity contribution in [1.29, 1.82) is 0 Å². The van der Waals surface area contributed by atoms with E-state index in [1.807, 2.05) is 6.92 Å². The molecule has 1 amide bonds. The Morgan fingerprint density at radius 3 is 3.27 bits per heavy atom. The van der Waals surface area contributed by atoms with Crippen molar-refractivity contribution in [2.75, 3.05) is 13.1 Å². The largest absolute Gasteiger partial charge is 0.360 e. The lowest BCUT2D eigenvalue weighted by Crippen LogP contribution is -2.39. The number of amides is 1. The Morgan fingerprint density at radius 1 is 1.80 bits per heavy atom. The van der Waals surface area contributed by atoms with Crippen LogP contribution < -0.4 is 10.6 Å². The Labute approximate surface area is 88.2 Å². The minimum atomic E-state index is -0.278. The van der Waals surface area contributed by atoms with E-state index in [0.29, 0.717) is 12.3 Å². The zero-order valence-electron chi connectivity index (χ0n) is 8.75. The highest BCUT2D eigenvalue weighted by Gasteiger charge is 2.35. The van der Waals surface area contributed by atoms with E-state index < -0.39 is 0 Å². The third-order valence-corrected chi connectivity index (χ3v) is 2.83. The summed E-state index contributed by atoms with van der Waals surface area (Å²) in [5.41, 5.74) is -0.278. The first-order valence-electron chi connectivity index (χ1n) is 5.09. The molecule has 1 aromatic rings. The van der Waals surface area contributed by atoms with E-state index in [1.54, 1.807) is 12.3 Å². The molecule has 0 radical (unpaired) electrons. The van der Waals surface area contributed by atoms with Gasteiger partial charge in [0.25, 0.3) is 0 Å². The second-order valence-electron chi connectivity index (χ2n) is 4.15. The van der Waals surface area contributed by atoms with Crippen LogP contribution in [0.1, 0.15) is 19.1 Å². The van der Waals surface area contributed by atoms with Crippen molar-refractivity contribution < 1.29 is 9.32 Å². The first-order valence-corrected chi connectivity index (χ1v) is 5.09. The molecule has 2 heterocycles. The lowest BCUT2D eigenvalue weighted by molar-refractivity contribution is -0.129. The van der Waals surface area contributed by atoms with Crippen LogP contribution in [0.15, 0.2) is 16.8 Å². The molecule has 1 unspecified atom stereocenters. The molecular weight excluding hydrogens is 194 g/mol. The number of carbonyl (C=O) groups excluding carboxylic acids is 1. The van der Waals surface area contributed by atoms with Gasteiger partial charge in [0.05, 0.1) is 18.2 Å². The monoisotopic (exact) mass is 209 g/mol. The predicted molar refractivity (Wildman–Crippen MR) is 53.9 cm³/mol. The van der Waals surface area contributed by atoms with Gasteiger partial charge in [0, 0.05) is 12.6 Å². The van der Waals surface area contributed by atoms with Crippen LogP contribution in [0.2, 0.25) is 0 Å². The maximum Gasteiger partial charge on any atom is 0.227 e. The van der Waals surface area contributed by atoms with Crippen molar-refractivity contribution >= 4 is 5.91 Å². The highest BCUT2D eigenvalue weighted by molar-refractivity contribution is 5.82. The molecule has 82 valence electrons. The van der Waals surface area contributed by atoms with Gasteiger partial charge in [0.1, 0.15) is 0 Å². The summed E-state index contributed by atoms with van der Waals surface area (Å²) in [6.07, 6.45) is 2.45. The molecule has 0 aliphatic carbocycles. The maximum atomic E-state index is 11.8. The summed E-state index contributed by atoms with van der Waals surface area (Å²) in [5, 5.41) is 9.62. The Balaban J connectivity index is 1.87. The molecule has 0 aromatic carbocycles. The van der Waals surface area contributed by atoms with Gasteiger partial charge < -0.3 is 15.2 Å². The van der Waals surface area contributed by atoms with Crippen LogP contribution in [0.25, 0.3) is 0 Å². The molecule has 1 saturated heterocycles. The number of aromatic nitrogens is 1. The van der Waals surface area contributed by atoms with Gasteiger partial charge in [0.2, 0.25) is 5.91 Å². The average molecular weight is 209 g/mol. The molecule has 1 aliphatic rings. The van der Waals surface area contributed by atoms with Gasteiger partial charge in [0.15, 0.2) is 5.76 Å². The molecule has 0 saturated carbocycles. The van der Waals surface area contributed by atoms with E-state index in [4.69, 9.17) is 4.52 Å². The standard InChI is InChI=1S/C10H15N3O2/c1-10(3-5-11-7-10)9(14)12-6-8-2-4-13-15-8/h2,4,11H,3,5-7H2,1H3,(H,12,14). The fraction of sp³-hybridized carbons (Fsp3) is 0.600. The van der Waals surface area contributed by atoms with Crippen LogP contribution in [-0.4, -0.2) is 24.2 Å². The molecular formula is C10H15N3O2. The Kier molecular flexibility index (Phi) is 2.73. The first kappa shape index (κ1) is 10.2. The van der Waals surface area contributed by atoms with Crippen molar-refractivity contribution in [2.24, 2.45) is 5.41 Å². The Bertz CT molecular complexity index is 328. The molecule has 2 N–H and O–H groups in total. The van der Waals surface area contributed by atoms with Crippen LogP contribution in [0.4, 0.5) is 0 Å². The molecule has 1 aromatic heterocycles. The highest BCUT2D eigenvalue weighted by atomic mass is 16.5. The van der Waals surface area contributed by atoms with E-state index in [-0.39, 0.29) is 11.3 Å². The zero-order chi connectivity index (χ0) is 10.7. The van der Waals surface area contributed by atoms with E-state index in [1.165, 1.54) is 0 Å². The minimum absolute atomic E-state index is 0.0731. The van der Waals surface area contributed by atoms with Crippen LogP contribution in [-0.2, 0) is 11.3 Å². The van der Waals surface area contributed by atoms with Gasteiger partial charge in [-0.05, 0) is 19.9 Å². The van der Waals surface area contributed by atoms with E-state index in [9.17, 15) is 4.79 Å². The minimum Gasteiger partial charge on any atom is -0.360 e. The first-order chi connectivity index (χ1) is 7.21. The molecule has 1 atom stereocenters. The Morgan fingerprint density at radius 2 is 2.67 bits per heavy atom. The SMILES string of the molecule is CC1(C(=O)NCc2ccno2)CCNC1. The molecule has 0 bridgehead atoms. The molecule has 5 heteroatoms. The van der Waals surface area contributed by atoms with Crippen LogP contribution in [0.3, 0.4) is 0 Å². The lowest BCUT2D eigenvalue weighted by Gasteiger charge is -2.20. The number of rotatable bonds is 3. The zero-order valence-corrected chi connectivity index (χ0v) is 8.75. The summed E-state index contributed by atoms with van der Waals surface area (Å²) in [4.78, 5) is 11.8. The normalized spacial score (nSPS) is 25.4. The van der Waals surface area contributed by atoms with Gasteiger partial charge in [-0.15, -0.1) is 0 Å². The van der Waals surface area contributed by atoms with E-state index in [2.05, 4.69) is 15.8 Å². The fourth-order valence-electron chi connectivity index (χ4n) is 1.72. The molecule has 0 spiro atoms. The number of carbonyl (C=O) groups is 1. The highest BCUT2D eigenvalue weighted by Crippen LogP contribution is 2.24.